The molecule has 4 N–H and O–H groups in total. The molecule has 4 saturated carbocycles. The number of nitrogens with zero attached hydrogens (tertiary/aromatic N) is 2. The second-order valence-corrected chi connectivity index (χ2v) is 9.39. The topological polar surface area (TPSA) is 93.3 Å². The Kier molecular flexibility index (Phi) is 4.14. The normalized spacial score (nSPS) is 33.6. The first-order valence-corrected chi connectivity index (χ1v) is 10.3. The van der Waals surface area contributed by atoms with Crippen molar-refractivity contribution in [1.29, 1.82) is 0 Å². The van der Waals surface area contributed by atoms with E-state index in [4.69, 9.17) is 0 Å². The van der Waals surface area contributed by atoms with Gasteiger partial charge in [-0.15, -0.1) is 0 Å². The Morgan fingerprint density at radius 1 is 1.32 bits per heavy atom. The van der Waals surface area contributed by atoms with E-state index >= 15 is 0 Å². The summed E-state index contributed by atoms with van der Waals surface area (Å²) in [5.41, 5.74) is 1.78. The minimum atomic E-state index is -0.456. The molecule has 4 bridgehead atoms. The number of H-pyrrole nitrogens is 1. The highest BCUT2D eigenvalue weighted by Gasteiger charge is 2.54. The van der Waals surface area contributed by atoms with Crippen LogP contribution in [0.2, 0.25) is 0 Å². The Bertz CT molecular complexity index is 891. The lowest BCUT2D eigenvalue weighted by molar-refractivity contribution is -0.129. The van der Waals surface area contributed by atoms with Crippen molar-refractivity contribution in [1.82, 2.24) is 20.2 Å². The van der Waals surface area contributed by atoms with Gasteiger partial charge in [0.1, 0.15) is 5.65 Å². The number of carbonyl (C=O) groups excluding carboxylic acids is 1. The number of aromatic amines is 1. The largest absolute Gasteiger partial charge is 0.390 e. The number of rotatable bonds is 5. The molecule has 0 radical (unpaired) electrons. The average Bonchev–Trinajstić information content (AvgIpc) is 3.10. The number of amides is 1. The lowest BCUT2D eigenvalue weighted by atomic mass is 9.52. The Morgan fingerprint density at radius 2 is 2.07 bits per heavy atom. The molecule has 4 fully saturated rings. The van der Waals surface area contributed by atoms with E-state index in [2.05, 4.69) is 20.6 Å². The van der Waals surface area contributed by atoms with Crippen LogP contribution in [0.4, 0.5) is 5.69 Å². The van der Waals surface area contributed by atoms with E-state index in [1.54, 1.807) is 6.20 Å². The van der Waals surface area contributed by atoms with Crippen LogP contribution in [0.1, 0.15) is 42.5 Å². The summed E-state index contributed by atoms with van der Waals surface area (Å²) in [5.74, 6) is 1.48. The van der Waals surface area contributed by atoms with Gasteiger partial charge >= 0.3 is 0 Å². The number of carbonyl (C=O) groups is 1. The number of nitrogens with one attached hydrogen (secondary N) is 3. The first kappa shape index (κ1) is 17.9. The Balaban J connectivity index is 1.47. The van der Waals surface area contributed by atoms with Gasteiger partial charge in [-0.2, -0.15) is 0 Å². The molecule has 0 saturated heterocycles. The first-order chi connectivity index (χ1) is 13.4. The number of pyridine rings is 1. The SMILES string of the molecule is CN(C)CNC(=O)c1cnc2[nH]ccc2c1N[C@H]1[C@@H]2CC3C[C@H]1C[C@@](O)(C3)C2. The summed E-state index contributed by atoms with van der Waals surface area (Å²) in [4.78, 5) is 22.4. The third-order valence-corrected chi connectivity index (χ3v) is 6.94. The molecule has 1 amide bonds. The van der Waals surface area contributed by atoms with Gasteiger partial charge in [-0.25, -0.2) is 4.98 Å². The van der Waals surface area contributed by atoms with E-state index < -0.39 is 5.60 Å². The zero-order valence-corrected chi connectivity index (χ0v) is 16.5. The molecule has 2 heterocycles. The predicted molar refractivity (Wildman–Crippen MR) is 108 cm³/mol. The molecule has 150 valence electrons. The summed E-state index contributed by atoms with van der Waals surface area (Å²) in [6, 6.07) is 2.29. The molecular formula is C21H29N5O2. The standard InChI is InChI=1S/C21H29N5O2/c1-26(2)11-24-20(27)16-10-23-19-15(3-4-22-19)18(16)25-17-13-5-12-6-14(17)9-21(28,7-12)8-13/h3-4,10,12-14,17,28H,5-9,11H2,1-2H3,(H,24,27)(H2,22,23,25)/t12?,13-,14+,17+,21-. The van der Waals surface area contributed by atoms with Crippen molar-refractivity contribution in [2.24, 2.45) is 17.8 Å². The Hall–Kier alpha value is -2.12. The fourth-order valence-electron chi connectivity index (χ4n) is 6.04. The van der Waals surface area contributed by atoms with E-state index in [0.717, 1.165) is 36.0 Å². The molecule has 6 rings (SSSR count). The summed E-state index contributed by atoms with van der Waals surface area (Å²) >= 11 is 0. The van der Waals surface area contributed by atoms with Gasteiger partial charge < -0.3 is 20.7 Å². The maximum absolute atomic E-state index is 12.9. The highest BCUT2D eigenvalue weighted by molar-refractivity contribution is 6.06. The van der Waals surface area contributed by atoms with E-state index in [1.165, 1.54) is 12.8 Å². The number of aromatic nitrogens is 2. The van der Waals surface area contributed by atoms with Crippen LogP contribution < -0.4 is 10.6 Å². The zero-order chi connectivity index (χ0) is 19.5. The van der Waals surface area contributed by atoms with Crippen LogP contribution in [0.15, 0.2) is 18.5 Å². The van der Waals surface area contributed by atoms with E-state index in [-0.39, 0.29) is 5.91 Å². The lowest BCUT2D eigenvalue weighted by Gasteiger charge is -2.58. The van der Waals surface area contributed by atoms with E-state index in [0.29, 0.717) is 36.0 Å². The minimum Gasteiger partial charge on any atom is -0.390 e. The van der Waals surface area contributed by atoms with Gasteiger partial charge in [0.05, 0.1) is 23.5 Å². The van der Waals surface area contributed by atoms with Crippen LogP contribution in [0.5, 0.6) is 0 Å². The average molecular weight is 383 g/mol. The van der Waals surface area contributed by atoms with Crippen molar-refractivity contribution in [3.63, 3.8) is 0 Å². The van der Waals surface area contributed by atoms with Gasteiger partial charge in [0.15, 0.2) is 0 Å². The summed E-state index contributed by atoms with van der Waals surface area (Å²) in [6.45, 7) is 0.479. The van der Waals surface area contributed by atoms with Crippen molar-refractivity contribution in [2.45, 2.75) is 43.7 Å². The molecule has 4 aliphatic carbocycles. The Labute approximate surface area is 164 Å². The van der Waals surface area contributed by atoms with Gasteiger partial charge in [0, 0.05) is 23.8 Å². The number of fused-ring (bicyclic) bond motifs is 1. The second-order valence-electron chi connectivity index (χ2n) is 9.39. The molecule has 7 heteroatoms. The van der Waals surface area contributed by atoms with Crippen LogP contribution in [-0.2, 0) is 0 Å². The van der Waals surface area contributed by atoms with Gasteiger partial charge in [0.25, 0.3) is 5.91 Å². The number of hydrogen-bond donors (Lipinski definition) is 4. The quantitative estimate of drug-likeness (QED) is 0.594. The minimum absolute atomic E-state index is 0.116. The van der Waals surface area contributed by atoms with E-state index in [1.807, 2.05) is 31.3 Å². The second kappa shape index (κ2) is 6.46. The number of aliphatic hydroxyl groups is 1. The van der Waals surface area contributed by atoms with E-state index in [9.17, 15) is 9.90 Å². The number of anilines is 1. The van der Waals surface area contributed by atoms with Gasteiger partial charge in [-0.05, 0) is 70.0 Å². The van der Waals surface area contributed by atoms with Crippen LogP contribution in [0.25, 0.3) is 11.0 Å². The predicted octanol–water partition coefficient (Wildman–Crippen LogP) is 2.16. The van der Waals surface area contributed by atoms with Gasteiger partial charge in [-0.3, -0.25) is 9.69 Å². The van der Waals surface area contributed by atoms with Gasteiger partial charge in [0.2, 0.25) is 0 Å². The van der Waals surface area contributed by atoms with Crippen molar-refractivity contribution in [3.05, 3.63) is 24.0 Å². The first-order valence-electron chi connectivity index (χ1n) is 10.3. The van der Waals surface area contributed by atoms with Crippen molar-refractivity contribution < 1.29 is 9.90 Å². The fraction of sp³-hybridized carbons (Fsp3) is 0.619. The molecule has 5 atom stereocenters. The molecule has 0 aromatic carbocycles. The highest BCUT2D eigenvalue weighted by Crippen LogP contribution is 2.56. The zero-order valence-electron chi connectivity index (χ0n) is 16.5. The van der Waals surface area contributed by atoms with Crippen LogP contribution in [0, 0.1) is 17.8 Å². The molecule has 2 aromatic rings. The Morgan fingerprint density at radius 3 is 2.75 bits per heavy atom. The van der Waals surface area contributed by atoms with Gasteiger partial charge in [-0.1, -0.05) is 0 Å². The monoisotopic (exact) mass is 383 g/mol. The summed E-state index contributed by atoms with van der Waals surface area (Å²) in [7, 11) is 3.85. The third kappa shape index (κ3) is 2.97. The summed E-state index contributed by atoms with van der Waals surface area (Å²) < 4.78 is 0. The molecule has 2 aromatic heterocycles. The lowest BCUT2D eigenvalue weighted by Crippen LogP contribution is -2.59. The van der Waals surface area contributed by atoms with Crippen LogP contribution >= 0.6 is 0 Å². The third-order valence-electron chi connectivity index (χ3n) is 6.94. The van der Waals surface area contributed by atoms with Crippen molar-refractivity contribution in [2.75, 3.05) is 26.1 Å². The molecule has 1 unspecified atom stereocenters. The smallest absolute Gasteiger partial charge is 0.255 e. The molecule has 0 spiro atoms. The fourth-order valence-corrected chi connectivity index (χ4v) is 6.04. The van der Waals surface area contributed by atoms with Crippen molar-refractivity contribution in [3.8, 4) is 0 Å². The molecule has 7 nitrogen and oxygen atoms in total. The summed E-state index contributed by atoms with van der Waals surface area (Å²) in [6.07, 6.45) is 8.62. The molecular weight excluding hydrogens is 354 g/mol. The molecule has 0 aliphatic heterocycles. The molecule has 28 heavy (non-hydrogen) atoms. The summed E-state index contributed by atoms with van der Waals surface area (Å²) in [5, 5.41) is 18.5. The van der Waals surface area contributed by atoms with Crippen LogP contribution in [-0.4, -0.2) is 58.3 Å². The molecule has 4 aliphatic rings. The highest BCUT2D eigenvalue weighted by atomic mass is 16.3. The van der Waals surface area contributed by atoms with Crippen LogP contribution in [0.3, 0.4) is 0 Å². The number of hydrogen-bond acceptors (Lipinski definition) is 5. The maximum Gasteiger partial charge on any atom is 0.255 e. The maximum atomic E-state index is 12.9. The van der Waals surface area contributed by atoms with Crippen molar-refractivity contribution >= 4 is 22.6 Å².